The topological polar surface area (TPSA) is 55.2 Å². The minimum absolute atomic E-state index is 0.684. The van der Waals surface area contributed by atoms with Gasteiger partial charge < -0.3 is 15.0 Å². The van der Waals surface area contributed by atoms with Crippen molar-refractivity contribution in [1.82, 2.24) is 19.7 Å². The molecule has 1 aliphatic heterocycles. The predicted octanol–water partition coefficient (Wildman–Crippen LogP) is 4.28. The molecule has 0 amide bonds. The Morgan fingerprint density at radius 1 is 1.31 bits per heavy atom. The standard InChI is InChI=1S/C22H29N5OS/c1-16-21(20-9-11-27(25-20)15-18-7-5-10-26(2)14-18)29-22(24-16)23-13-17-6-4-8-19(12-17)28-3/h4,6,8-9,11-12,18H,5,7,10,13-15H2,1-3H3,(H,23,24). The van der Waals surface area contributed by atoms with Crippen LogP contribution in [0.15, 0.2) is 36.5 Å². The molecule has 1 N–H and O–H groups in total. The summed E-state index contributed by atoms with van der Waals surface area (Å²) in [5.41, 5.74) is 3.20. The molecule has 6 nitrogen and oxygen atoms in total. The van der Waals surface area contributed by atoms with Gasteiger partial charge in [0, 0.05) is 25.8 Å². The first-order valence-corrected chi connectivity index (χ1v) is 11.0. The van der Waals surface area contributed by atoms with Crippen LogP contribution in [-0.4, -0.2) is 46.9 Å². The van der Waals surface area contributed by atoms with Crippen LogP contribution in [0.3, 0.4) is 0 Å². The van der Waals surface area contributed by atoms with Crippen molar-refractivity contribution in [2.24, 2.45) is 5.92 Å². The number of rotatable bonds is 7. The molecular weight excluding hydrogens is 382 g/mol. The normalized spacial score (nSPS) is 17.4. The molecule has 7 heteroatoms. The number of thiazole rings is 1. The minimum Gasteiger partial charge on any atom is -0.497 e. The highest BCUT2D eigenvalue weighted by Crippen LogP contribution is 2.32. The highest BCUT2D eigenvalue weighted by molar-refractivity contribution is 7.19. The number of methoxy groups -OCH3 is 1. The summed E-state index contributed by atoms with van der Waals surface area (Å²) in [6.45, 7) is 6.13. The monoisotopic (exact) mass is 411 g/mol. The lowest BCUT2D eigenvalue weighted by molar-refractivity contribution is 0.191. The van der Waals surface area contributed by atoms with E-state index >= 15 is 0 Å². The molecule has 0 spiro atoms. The zero-order valence-corrected chi connectivity index (χ0v) is 18.2. The van der Waals surface area contributed by atoms with Crippen molar-refractivity contribution in [3.05, 3.63) is 47.8 Å². The summed E-state index contributed by atoms with van der Waals surface area (Å²) in [6.07, 6.45) is 4.68. The minimum atomic E-state index is 0.684. The van der Waals surface area contributed by atoms with Gasteiger partial charge in [0.1, 0.15) is 11.4 Å². The van der Waals surface area contributed by atoms with Crippen molar-refractivity contribution in [3.8, 4) is 16.3 Å². The molecule has 1 fully saturated rings. The molecule has 4 rings (SSSR count). The Balaban J connectivity index is 1.40. The fourth-order valence-corrected chi connectivity index (χ4v) is 4.87. The van der Waals surface area contributed by atoms with E-state index in [1.54, 1.807) is 18.4 Å². The maximum Gasteiger partial charge on any atom is 0.183 e. The Hall–Kier alpha value is -2.38. The molecule has 3 aromatic rings. The second-order valence-corrected chi connectivity index (χ2v) is 8.83. The Labute approximate surface area is 176 Å². The van der Waals surface area contributed by atoms with Gasteiger partial charge in [-0.15, -0.1) is 0 Å². The third kappa shape index (κ3) is 4.97. The SMILES string of the molecule is COc1cccc(CNc2nc(C)c(-c3ccn(CC4CCCN(C)C4)n3)s2)c1. The van der Waals surface area contributed by atoms with Crippen LogP contribution in [-0.2, 0) is 13.1 Å². The molecule has 0 radical (unpaired) electrons. The number of nitrogens with one attached hydrogen (secondary N) is 1. The molecule has 2 aromatic heterocycles. The maximum absolute atomic E-state index is 5.30. The Morgan fingerprint density at radius 2 is 2.21 bits per heavy atom. The Bertz CT molecular complexity index is 950. The number of ether oxygens (including phenoxy) is 1. The fourth-order valence-electron chi connectivity index (χ4n) is 3.94. The smallest absolute Gasteiger partial charge is 0.183 e. The molecule has 29 heavy (non-hydrogen) atoms. The lowest BCUT2D eigenvalue weighted by Gasteiger charge is -2.29. The highest BCUT2D eigenvalue weighted by atomic mass is 32.1. The van der Waals surface area contributed by atoms with Gasteiger partial charge in [0.25, 0.3) is 0 Å². The van der Waals surface area contributed by atoms with Gasteiger partial charge in [0.2, 0.25) is 0 Å². The van der Waals surface area contributed by atoms with Crippen LogP contribution < -0.4 is 10.1 Å². The first-order valence-electron chi connectivity index (χ1n) is 10.2. The van der Waals surface area contributed by atoms with Gasteiger partial charge in [-0.3, -0.25) is 4.68 Å². The predicted molar refractivity (Wildman–Crippen MR) is 119 cm³/mol. The Morgan fingerprint density at radius 3 is 3.03 bits per heavy atom. The van der Waals surface area contributed by atoms with Gasteiger partial charge in [0.05, 0.1) is 17.7 Å². The number of aryl methyl sites for hydroxylation is 1. The number of benzene rings is 1. The van der Waals surface area contributed by atoms with Crippen LogP contribution in [0.2, 0.25) is 0 Å². The van der Waals surface area contributed by atoms with Gasteiger partial charge in [-0.1, -0.05) is 23.5 Å². The van der Waals surface area contributed by atoms with Gasteiger partial charge in [-0.2, -0.15) is 5.10 Å². The van der Waals surface area contributed by atoms with Crippen LogP contribution in [0.5, 0.6) is 5.75 Å². The van der Waals surface area contributed by atoms with E-state index in [-0.39, 0.29) is 0 Å². The first kappa shape index (κ1) is 19.9. The number of aromatic nitrogens is 3. The molecule has 0 bridgehead atoms. The third-order valence-electron chi connectivity index (χ3n) is 5.42. The summed E-state index contributed by atoms with van der Waals surface area (Å²) >= 11 is 1.66. The summed E-state index contributed by atoms with van der Waals surface area (Å²) < 4.78 is 7.40. The third-order valence-corrected chi connectivity index (χ3v) is 6.55. The molecule has 1 aromatic carbocycles. The largest absolute Gasteiger partial charge is 0.497 e. The van der Waals surface area contributed by atoms with Gasteiger partial charge in [-0.05, 0) is 63.0 Å². The van der Waals surface area contributed by atoms with E-state index in [0.717, 1.165) is 40.2 Å². The fraction of sp³-hybridized carbons (Fsp3) is 0.455. The summed E-state index contributed by atoms with van der Waals surface area (Å²) in [7, 11) is 3.90. The molecule has 1 unspecified atom stereocenters. The molecular formula is C22H29N5OS. The van der Waals surface area contributed by atoms with Gasteiger partial charge in [0.15, 0.2) is 5.13 Å². The molecule has 0 aliphatic carbocycles. The number of piperidine rings is 1. The van der Waals surface area contributed by atoms with E-state index in [9.17, 15) is 0 Å². The van der Waals surface area contributed by atoms with Crippen molar-refractivity contribution in [2.75, 3.05) is 32.6 Å². The summed E-state index contributed by atoms with van der Waals surface area (Å²) in [5.74, 6) is 1.55. The molecule has 3 heterocycles. The number of hydrogen-bond acceptors (Lipinski definition) is 6. The molecule has 1 saturated heterocycles. The number of anilines is 1. The second kappa shape index (κ2) is 8.97. The summed E-state index contributed by atoms with van der Waals surface area (Å²) in [6, 6.07) is 10.2. The Kier molecular flexibility index (Phi) is 6.16. The average molecular weight is 412 g/mol. The van der Waals surface area contributed by atoms with Crippen LogP contribution in [0.1, 0.15) is 24.1 Å². The van der Waals surface area contributed by atoms with Crippen LogP contribution in [0.25, 0.3) is 10.6 Å². The second-order valence-electron chi connectivity index (χ2n) is 7.83. The summed E-state index contributed by atoms with van der Waals surface area (Å²) in [5, 5.41) is 9.19. The first-order chi connectivity index (χ1) is 14.1. The maximum atomic E-state index is 5.30. The van der Waals surface area contributed by atoms with Crippen LogP contribution in [0, 0.1) is 12.8 Å². The van der Waals surface area contributed by atoms with E-state index in [1.165, 1.54) is 24.9 Å². The van der Waals surface area contributed by atoms with Crippen molar-refractivity contribution in [3.63, 3.8) is 0 Å². The van der Waals surface area contributed by atoms with Crippen molar-refractivity contribution in [1.29, 1.82) is 0 Å². The van der Waals surface area contributed by atoms with E-state index in [0.29, 0.717) is 12.5 Å². The summed E-state index contributed by atoms with van der Waals surface area (Å²) in [4.78, 5) is 8.26. The molecule has 0 saturated carbocycles. The van der Waals surface area contributed by atoms with Gasteiger partial charge in [-0.25, -0.2) is 4.98 Å². The quantitative estimate of drug-likeness (QED) is 0.629. The molecule has 1 aliphatic rings. The van der Waals surface area contributed by atoms with E-state index in [4.69, 9.17) is 14.8 Å². The zero-order valence-electron chi connectivity index (χ0n) is 17.4. The van der Waals surface area contributed by atoms with E-state index < -0.39 is 0 Å². The van der Waals surface area contributed by atoms with Crippen molar-refractivity contribution in [2.45, 2.75) is 32.9 Å². The lowest BCUT2D eigenvalue weighted by Crippen LogP contribution is -2.34. The molecule has 1 atom stereocenters. The number of hydrogen-bond donors (Lipinski definition) is 1. The number of likely N-dealkylation sites (tertiary alicyclic amines) is 1. The average Bonchev–Trinajstić information content (AvgIpc) is 3.32. The highest BCUT2D eigenvalue weighted by Gasteiger charge is 2.19. The lowest BCUT2D eigenvalue weighted by atomic mass is 9.99. The van der Waals surface area contributed by atoms with Crippen LogP contribution >= 0.6 is 11.3 Å². The van der Waals surface area contributed by atoms with Gasteiger partial charge >= 0.3 is 0 Å². The molecule has 154 valence electrons. The van der Waals surface area contributed by atoms with Crippen molar-refractivity contribution >= 4 is 16.5 Å². The van der Waals surface area contributed by atoms with Crippen LogP contribution in [0.4, 0.5) is 5.13 Å². The zero-order chi connectivity index (χ0) is 20.2. The van der Waals surface area contributed by atoms with Crippen molar-refractivity contribution < 1.29 is 4.74 Å². The van der Waals surface area contributed by atoms with E-state index in [1.807, 2.05) is 18.2 Å². The number of nitrogens with zero attached hydrogens (tertiary/aromatic N) is 4. The van der Waals surface area contributed by atoms with E-state index in [2.05, 4.69) is 47.2 Å².